The molecule has 2 aromatic heterocycles. The number of benzene rings is 2. The Kier molecular flexibility index (Phi) is 9.44. The molecule has 3 aliphatic rings. The minimum absolute atomic E-state index is 0.104. The zero-order valence-corrected chi connectivity index (χ0v) is 28.2. The number of halogens is 1. The van der Waals surface area contributed by atoms with Crippen LogP contribution in [-0.4, -0.2) is 82.8 Å². The molecule has 256 valence electrons. The molecule has 3 unspecified atom stereocenters. The standard InChI is InChI=1S/C37H41ClN6O5/c1-39-36(47)30(9-5-8-22-6-3-2-4-7-22)41-35(46)29-21-43(34(45)14-24-17-40-31-15-26(38)12-13-27(24)31)18-25-19-44(20-28(25)29)37(48)32-16-33(49-42-32)23-10-11-23/h2-4,6-7,12-13,15-17,23,25,28-30,40H,5,8-11,14,18-21H2,1H3,(H,39,47)(H,41,46)/t25?,28?,29?,30-/m0/s1. The lowest BCUT2D eigenvalue weighted by molar-refractivity contribution is -0.140. The van der Waals surface area contributed by atoms with E-state index in [1.807, 2.05) is 48.7 Å². The van der Waals surface area contributed by atoms with E-state index >= 15 is 0 Å². The Labute approximate surface area is 289 Å². The monoisotopic (exact) mass is 684 g/mol. The SMILES string of the molecule is CNC(=O)[C@H](CCCc1ccccc1)NC(=O)C1CN(C(=O)Cc2c[nH]c3cc(Cl)ccc23)CC2CN(C(=O)c3cc(C4CC4)on3)CC21. The molecule has 0 bridgehead atoms. The maximum atomic E-state index is 14.2. The van der Waals surface area contributed by atoms with Crippen LogP contribution >= 0.6 is 11.6 Å². The molecule has 3 N–H and O–H groups in total. The molecule has 2 aliphatic heterocycles. The van der Waals surface area contributed by atoms with Gasteiger partial charge in [-0.2, -0.15) is 0 Å². The van der Waals surface area contributed by atoms with Gasteiger partial charge < -0.3 is 29.9 Å². The topological polar surface area (TPSA) is 141 Å². The van der Waals surface area contributed by atoms with E-state index < -0.39 is 12.0 Å². The molecule has 1 aliphatic carbocycles. The number of aryl methyl sites for hydroxylation is 1. The molecule has 2 saturated heterocycles. The van der Waals surface area contributed by atoms with Crippen molar-refractivity contribution in [1.29, 1.82) is 0 Å². The number of hydrogen-bond donors (Lipinski definition) is 3. The van der Waals surface area contributed by atoms with Gasteiger partial charge in [0.2, 0.25) is 17.7 Å². The number of likely N-dealkylation sites (tertiary alicyclic amines) is 2. The van der Waals surface area contributed by atoms with Crippen molar-refractivity contribution in [1.82, 2.24) is 30.6 Å². The summed E-state index contributed by atoms with van der Waals surface area (Å²) in [5, 5.41) is 11.3. The fraction of sp³-hybridized carbons (Fsp3) is 0.432. The third-order valence-electron chi connectivity index (χ3n) is 10.3. The molecule has 3 fully saturated rings. The van der Waals surface area contributed by atoms with Crippen molar-refractivity contribution in [2.24, 2.45) is 17.8 Å². The second-order valence-corrected chi connectivity index (χ2v) is 14.1. The molecule has 4 atom stereocenters. The highest BCUT2D eigenvalue weighted by Crippen LogP contribution is 2.41. The van der Waals surface area contributed by atoms with E-state index in [4.69, 9.17) is 16.1 Å². The van der Waals surface area contributed by atoms with Crippen LogP contribution in [0.2, 0.25) is 5.02 Å². The van der Waals surface area contributed by atoms with Gasteiger partial charge in [-0.15, -0.1) is 0 Å². The van der Waals surface area contributed by atoms with E-state index in [1.54, 1.807) is 29.0 Å². The van der Waals surface area contributed by atoms with E-state index in [1.165, 1.54) is 5.56 Å². The first-order chi connectivity index (χ1) is 23.8. The van der Waals surface area contributed by atoms with Gasteiger partial charge >= 0.3 is 0 Å². The summed E-state index contributed by atoms with van der Waals surface area (Å²) >= 11 is 6.17. The van der Waals surface area contributed by atoms with Crippen LogP contribution in [0.1, 0.15) is 59.0 Å². The van der Waals surface area contributed by atoms with Crippen LogP contribution in [0.15, 0.2) is 65.3 Å². The summed E-state index contributed by atoms with van der Waals surface area (Å²) in [6.07, 6.45) is 6.00. The Morgan fingerprint density at radius 2 is 1.82 bits per heavy atom. The number of piperidine rings is 1. The van der Waals surface area contributed by atoms with Crippen molar-refractivity contribution in [3.05, 3.63) is 88.4 Å². The summed E-state index contributed by atoms with van der Waals surface area (Å²) in [4.78, 5) is 61.3. The molecule has 4 heterocycles. The number of hydrogen-bond acceptors (Lipinski definition) is 6. The highest BCUT2D eigenvalue weighted by Gasteiger charge is 2.48. The van der Waals surface area contributed by atoms with Crippen molar-refractivity contribution in [3.8, 4) is 0 Å². The quantitative estimate of drug-likeness (QED) is 0.215. The minimum atomic E-state index is -0.723. The number of aromatic amines is 1. The normalized spacial score (nSPS) is 21.0. The zero-order chi connectivity index (χ0) is 34.1. The lowest BCUT2D eigenvalue weighted by atomic mass is 9.79. The fourth-order valence-electron chi connectivity index (χ4n) is 7.49. The largest absolute Gasteiger partial charge is 0.361 e. The van der Waals surface area contributed by atoms with E-state index in [0.717, 1.165) is 41.5 Å². The number of carbonyl (C=O) groups excluding carboxylic acids is 4. The third kappa shape index (κ3) is 7.22. The number of nitrogens with zero attached hydrogens (tertiary/aromatic N) is 3. The van der Waals surface area contributed by atoms with E-state index in [0.29, 0.717) is 43.4 Å². The molecule has 4 amide bonds. The Hall–Kier alpha value is -4.64. The Balaban J connectivity index is 1.09. The average molecular weight is 685 g/mol. The number of nitrogens with one attached hydrogen (secondary N) is 3. The summed E-state index contributed by atoms with van der Waals surface area (Å²) in [6.45, 7) is 1.37. The van der Waals surface area contributed by atoms with Gasteiger partial charge in [0, 0.05) is 67.3 Å². The summed E-state index contributed by atoms with van der Waals surface area (Å²) in [7, 11) is 1.56. The lowest BCUT2D eigenvalue weighted by Crippen LogP contribution is -2.56. The first kappa shape index (κ1) is 32.9. The van der Waals surface area contributed by atoms with Gasteiger partial charge in [-0.25, -0.2) is 0 Å². The molecule has 2 aromatic carbocycles. The van der Waals surface area contributed by atoms with Crippen molar-refractivity contribution in [3.63, 3.8) is 0 Å². The van der Waals surface area contributed by atoms with Gasteiger partial charge in [-0.3, -0.25) is 19.2 Å². The van der Waals surface area contributed by atoms with Crippen LogP contribution in [0.25, 0.3) is 10.9 Å². The summed E-state index contributed by atoms with van der Waals surface area (Å²) in [6, 6.07) is 16.6. The van der Waals surface area contributed by atoms with Crippen LogP contribution in [-0.2, 0) is 27.2 Å². The minimum Gasteiger partial charge on any atom is -0.361 e. The van der Waals surface area contributed by atoms with Crippen LogP contribution in [0, 0.1) is 17.8 Å². The molecule has 4 aromatic rings. The van der Waals surface area contributed by atoms with Crippen molar-refractivity contribution in [2.75, 3.05) is 33.2 Å². The van der Waals surface area contributed by atoms with Crippen LogP contribution in [0.4, 0.5) is 0 Å². The molecule has 0 spiro atoms. The number of carbonyl (C=O) groups is 4. The van der Waals surface area contributed by atoms with Crippen molar-refractivity contribution in [2.45, 2.75) is 50.5 Å². The molecular weight excluding hydrogens is 644 g/mol. The Bertz CT molecular complexity index is 1850. The first-order valence-corrected chi connectivity index (χ1v) is 17.5. The molecule has 1 saturated carbocycles. The molecular formula is C37H41ClN6O5. The number of fused-ring (bicyclic) bond motifs is 2. The average Bonchev–Trinajstić information content (AvgIpc) is 3.48. The Morgan fingerprint density at radius 1 is 1.02 bits per heavy atom. The first-order valence-electron chi connectivity index (χ1n) is 17.1. The summed E-state index contributed by atoms with van der Waals surface area (Å²) in [5.74, 6) is -0.729. The second kappa shape index (κ2) is 14.1. The molecule has 12 heteroatoms. The van der Waals surface area contributed by atoms with Gasteiger partial charge in [0.15, 0.2) is 5.69 Å². The van der Waals surface area contributed by atoms with E-state index in [-0.39, 0.29) is 54.1 Å². The number of likely N-dealkylation sites (N-methyl/N-ethyl adjacent to an activating group) is 1. The Morgan fingerprint density at radius 3 is 2.59 bits per heavy atom. The number of H-pyrrole nitrogens is 1. The van der Waals surface area contributed by atoms with Crippen LogP contribution in [0.5, 0.6) is 0 Å². The smallest absolute Gasteiger partial charge is 0.276 e. The number of rotatable bonds is 11. The highest BCUT2D eigenvalue weighted by molar-refractivity contribution is 6.31. The zero-order valence-electron chi connectivity index (χ0n) is 27.5. The maximum Gasteiger partial charge on any atom is 0.276 e. The molecule has 11 nitrogen and oxygen atoms in total. The summed E-state index contributed by atoms with van der Waals surface area (Å²) < 4.78 is 5.46. The van der Waals surface area contributed by atoms with Gasteiger partial charge in [0.25, 0.3) is 5.91 Å². The molecule has 49 heavy (non-hydrogen) atoms. The van der Waals surface area contributed by atoms with E-state index in [9.17, 15) is 19.2 Å². The predicted octanol–water partition coefficient (Wildman–Crippen LogP) is 4.33. The van der Waals surface area contributed by atoms with Gasteiger partial charge in [0.05, 0.1) is 12.3 Å². The van der Waals surface area contributed by atoms with Gasteiger partial charge in [-0.1, -0.05) is 53.2 Å². The van der Waals surface area contributed by atoms with Gasteiger partial charge in [0.1, 0.15) is 11.8 Å². The van der Waals surface area contributed by atoms with Crippen LogP contribution < -0.4 is 10.6 Å². The summed E-state index contributed by atoms with van der Waals surface area (Å²) in [5.41, 5.74) is 3.13. The third-order valence-corrected chi connectivity index (χ3v) is 10.6. The maximum absolute atomic E-state index is 14.2. The molecule has 7 rings (SSSR count). The lowest BCUT2D eigenvalue weighted by Gasteiger charge is -2.40. The fourth-order valence-corrected chi connectivity index (χ4v) is 7.66. The van der Waals surface area contributed by atoms with Crippen LogP contribution in [0.3, 0.4) is 0 Å². The number of aromatic nitrogens is 2. The van der Waals surface area contributed by atoms with Crippen molar-refractivity contribution >= 4 is 46.1 Å². The molecule has 0 radical (unpaired) electrons. The van der Waals surface area contributed by atoms with Gasteiger partial charge in [-0.05, 0) is 67.2 Å². The highest BCUT2D eigenvalue weighted by atomic mass is 35.5. The predicted molar refractivity (Wildman–Crippen MR) is 184 cm³/mol. The number of amides is 4. The van der Waals surface area contributed by atoms with E-state index in [2.05, 4.69) is 20.8 Å². The van der Waals surface area contributed by atoms with Crippen molar-refractivity contribution < 1.29 is 23.7 Å². The second-order valence-electron chi connectivity index (χ2n) is 13.7.